The summed E-state index contributed by atoms with van der Waals surface area (Å²) in [7, 11) is 1.73. The molecular weight excluding hydrogens is 258 g/mol. The number of amides is 1. The zero-order valence-electron chi connectivity index (χ0n) is 11.2. The zero-order valence-corrected chi connectivity index (χ0v) is 11.2. The summed E-state index contributed by atoms with van der Waals surface area (Å²) in [5.74, 6) is 0. The van der Waals surface area contributed by atoms with E-state index in [1.54, 1.807) is 24.0 Å². The monoisotopic (exact) mass is 275 g/mol. The SMILES string of the molecule is Cn1nccc1C(O)CNC(=O)OCc1ccccc1. The van der Waals surface area contributed by atoms with Gasteiger partial charge in [-0.1, -0.05) is 30.3 Å². The van der Waals surface area contributed by atoms with E-state index < -0.39 is 12.2 Å². The molecule has 20 heavy (non-hydrogen) atoms. The fourth-order valence-corrected chi connectivity index (χ4v) is 1.77. The quantitative estimate of drug-likeness (QED) is 0.864. The maximum atomic E-state index is 11.5. The molecule has 6 nitrogen and oxygen atoms in total. The van der Waals surface area contributed by atoms with Crippen LogP contribution in [-0.4, -0.2) is 27.5 Å². The molecule has 0 saturated carbocycles. The van der Waals surface area contributed by atoms with E-state index in [2.05, 4.69) is 10.4 Å². The topological polar surface area (TPSA) is 76.4 Å². The molecule has 1 atom stereocenters. The van der Waals surface area contributed by atoms with E-state index in [4.69, 9.17) is 4.74 Å². The Bertz CT molecular complexity index is 554. The lowest BCUT2D eigenvalue weighted by atomic mass is 10.2. The van der Waals surface area contributed by atoms with Crippen molar-refractivity contribution in [2.24, 2.45) is 7.05 Å². The summed E-state index contributed by atoms with van der Waals surface area (Å²) < 4.78 is 6.60. The Kier molecular flexibility index (Phi) is 4.73. The minimum atomic E-state index is -0.813. The van der Waals surface area contributed by atoms with E-state index in [1.807, 2.05) is 30.3 Å². The van der Waals surface area contributed by atoms with Crippen LogP contribution in [-0.2, 0) is 18.4 Å². The highest BCUT2D eigenvalue weighted by atomic mass is 16.5. The lowest BCUT2D eigenvalue weighted by Crippen LogP contribution is -2.29. The lowest BCUT2D eigenvalue weighted by Gasteiger charge is -2.12. The maximum Gasteiger partial charge on any atom is 0.407 e. The van der Waals surface area contributed by atoms with Crippen LogP contribution in [0.4, 0.5) is 4.79 Å². The number of rotatable bonds is 5. The highest BCUT2D eigenvalue weighted by molar-refractivity contribution is 5.67. The van der Waals surface area contributed by atoms with Crippen LogP contribution >= 0.6 is 0 Å². The smallest absolute Gasteiger partial charge is 0.407 e. The van der Waals surface area contributed by atoms with Crippen LogP contribution in [0.3, 0.4) is 0 Å². The summed E-state index contributed by atoms with van der Waals surface area (Å²) >= 11 is 0. The molecule has 0 bridgehead atoms. The second kappa shape index (κ2) is 6.72. The second-order valence-corrected chi connectivity index (χ2v) is 4.34. The summed E-state index contributed by atoms with van der Waals surface area (Å²) in [5, 5.41) is 16.4. The molecular formula is C14H17N3O3. The Morgan fingerprint density at radius 2 is 2.15 bits per heavy atom. The number of alkyl carbamates (subject to hydrolysis) is 1. The Morgan fingerprint density at radius 3 is 2.80 bits per heavy atom. The minimum absolute atomic E-state index is 0.0765. The molecule has 2 aromatic rings. The molecule has 1 heterocycles. The molecule has 6 heteroatoms. The number of nitrogens with zero attached hydrogens (tertiary/aromatic N) is 2. The van der Waals surface area contributed by atoms with E-state index in [9.17, 15) is 9.90 Å². The summed E-state index contributed by atoms with van der Waals surface area (Å²) in [6.07, 6.45) is 0.216. The number of benzene rings is 1. The van der Waals surface area contributed by atoms with Crippen LogP contribution in [0, 0.1) is 0 Å². The molecule has 1 aromatic carbocycles. The van der Waals surface area contributed by atoms with E-state index in [1.165, 1.54) is 0 Å². The summed E-state index contributed by atoms with van der Waals surface area (Å²) in [6, 6.07) is 11.1. The van der Waals surface area contributed by atoms with Gasteiger partial charge in [-0.15, -0.1) is 0 Å². The van der Waals surface area contributed by atoms with Gasteiger partial charge in [0, 0.05) is 13.2 Å². The Morgan fingerprint density at radius 1 is 1.40 bits per heavy atom. The van der Waals surface area contributed by atoms with Crippen LogP contribution < -0.4 is 5.32 Å². The third-order valence-electron chi connectivity index (χ3n) is 2.85. The first-order valence-electron chi connectivity index (χ1n) is 6.27. The van der Waals surface area contributed by atoms with Gasteiger partial charge in [-0.2, -0.15) is 5.10 Å². The fourth-order valence-electron chi connectivity index (χ4n) is 1.77. The van der Waals surface area contributed by atoms with Gasteiger partial charge in [0.25, 0.3) is 0 Å². The molecule has 0 aliphatic carbocycles. The van der Waals surface area contributed by atoms with Crippen LogP contribution in [0.5, 0.6) is 0 Å². The first-order valence-corrected chi connectivity index (χ1v) is 6.27. The first kappa shape index (κ1) is 14.1. The van der Waals surface area contributed by atoms with E-state index >= 15 is 0 Å². The molecule has 1 amide bonds. The van der Waals surface area contributed by atoms with Crippen molar-refractivity contribution in [1.82, 2.24) is 15.1 Å². The fraction of sp³-hybridized carbons (Fsp3) is 0.286. The number of carbonyl (C=O) groups excluding carboxylic acids is 1. The Labute approximate surface area is 117 Å². The van der Waals surface area contributed by atoms with Crippen molar-refractivity contribution in [2.45, 2.75) is 12.7 Å². The molecule has 0 spiro atoms. The molecule has 0 saturated heterocycles. The van der Waals surface area contributed by atoms with Gasteiger partial charge in [0.2, 0.25) is 0 Å². The molecule has 0 aliphatic heterocycles. The van der Waals surface area contributed by atoms with Gasteiger partial charge in [-0.25, -0.2) is 4.79 Å². The minimum Gasteiger partial charge on any atom is -0.445 e. The van der Waals surface area contributed by atoms with Crippen LogP contribution in [0.2, 0.25) is 0 Å². The second-order valence-electron chi connectivity index (χ2n) is 4.34. The lowest BCUT2D eigenvalue weighted by molar-refractivity contribution is 0.123. The number of aromatic nitrogens is 2. The molecule has 1 aromatic heterocycles. The van der Waals surface area contributed by atoms with Gasteiger partial charge in [0.1, 0.15) is 12.7 Å². The number of ether oxygens (including phenoxy) is 1. The number of hydrogen-bond donors (Lipinski definition) is 2. The van der Waals surface area contributed by atoms with Crippen molar-refractivity contribution >= 4 is 6.09 Å². The highest BCUT2D eigenvalue weighted by Gasteiger charge is 2.13. The number of nitrogens with one attached hydrogen (secondary N) is 1. The van der Waals surface area contributed by atoms with Crippen LogP contribution in [0.1, 0.15) is 17.4 Å². The number of hydrogen-bond acceptors (Lipinski definition) is 4. The Balaban J connectivity index is 1.74. The number of aliphatic hydroxyl groups excluding tert-OH is 1. The van der Waals surface area contributed by atoms with Crippen molar-refractivity contribution in [3.63, 3.8) is 0 Å². The predicted octanol–water partition coefficient (Wildman–Crippen LogP) is 1.38. The molecule has 2 rings (SSSR count). The van der Waals surface area contributed by atoms with Crippen LogP contribution in [0.25, 0.3) is 0 Å². The summed E-state index contributed by atoms with van der Waals surface area (Å²) in [5.41, 5.74) is 1.54. The molecule has 0 radical (unpaired) electrons. The number of aryl methyl sites for hydroxylation is 1. The van der Waals surface area contributed by atoms with Crippen LogP contribution in [0.15, 0.2) is 42.6 Å². The average molecular weight is 275 g/mol. The van der Waals surface area contributed by atoms with Crippen molar-refractivity contribution in [3.05, 3.63) is 53.9 Å². The normalized spacial score (nSPS) is 11.9. The Hall–Kier alpha value is -2.34. The third kappa shape index (κ3) is 3.83. The van der Waals surface area contributed by atoms with Gasteiger partial charge in [-0.3, -0.25) is 4.68 Å². The molecule has 2 N–H and O–H groups in total. The van der Waals surface area contributed by atoms with Gasteiger partial charge in [0.15, 0.2) is 0 Å². The van der Waals surface area contributed by atoms with Crippen molar-refractivity contribution in [1.29, 1.82) is 0 Å². The van der Waals surface area contributed by atoms with Crippen molar-refractivity contribution in [2.75, 3.05) is 6.54 Å². The summed E-state index contributed by atoms with van der Waals surface area (Å²) in [6.45, 7) is 0.279. The van der Waals surface area contributed by atoms with Gasteiger partial charge < -0.3 is 15.2 Å². The van der Waals surface area contributed by atoms with E-state index in [0.29, 0.717) is 5.69 Å². The molecule has 0 aliphatic rings. The average Bonchev–Trinajstić information content (AvgIpc) is 2.90. The largest absolute Gasteiger partial charge is 0.445 e. The van der Waals surface area contributed by atoms with Gasteiger partial charge in [-0.05, 0) is 11.6 Å². The van der Waals surface area contributed by atoms with Gasteiger partial charge >= 0.3 is 6.09 Å². The molecule has 106 valence electrons. The first-order chi connectivity index (χ1) is 9.66. The van der Waals surface area contributed by atoms with Crippen molar-refractivity contribution < 1.29 is 14.6 Å². The number of carbonyl (C=O) groups is 1. The standard InChI is InChI=1S/C14H17N3O3/c1-17-12(7-8-16-17)13(18)9-15-14(19)20-10-11-5-3-2-4-6-11/h2-8,13,18H,9-10H2,1H3,(H,15,19). The zero-order chi connectivity index (χ0) is 14.4. The van der Waals surface area contributed by atoms with Gasteiger partial charge in [0.05, 0.1) is 12.2 Å². The summed E-state index contributed by atoms with van der Waals surface area (Å²) in [4.78, 5) is 11.5. The van der Waals surface area contributed by atoms with E-state index in [-0.39, 0.29) is 13.2 Å². The molecule has 0 fully saturated rings. The third-order valence-corrected chi connectivity index (χ3v) is 2.85. The number of aliphatic hydroxyl groups is 1. The maximum absolute atomic E-state index is 11.5. The van der Waals surface area contributed by atoms with Crippen molar-refractivity contribution in [3.8, 4) is 0 Å². The molecule has 1 unspecified atom stereocenters. The highest BCUT2D eigenvalue weighted by Crippen LogP contribution is 2.09. The predicted molar refractivity (Wildman–Crippen MR) is 72.8 cm³/mol. The van der Waals surface area contributed by atoms with E-state index in [0.717, 1.165) is 5.56 Å².